The number of nitrogens with zero attached hydrogens (tertiary/aromatic N) is 1. The van der Waals surface area contributed by atoms with Crippen LogP contribution in [0.4, 0.5) is 4.79 Å². The van der Waals surface area contributed by atoms with Gasteiger partial charge >= 0.3 is 6.03 Å². The molecule has 0 aromatic heterocycles. The summed E-state index contributed by atoms with van der Waals surface area (Å²) in [6.07, 6.45) is 2.41. The van der Waals surface area contributed by atoms with Crippen molar-refractivity contribution in [1.29, 1.82) is 0 Å². The minimum absolute atomic E-state index is 0.0105. The largest absolute Gasteiger partial charge is 0.341 e. The van der Waals surface area contributed by atoms with E-state index in [0.717, 1.165) is 13.1 Å². The minimum Gasteiger partial charge on any atom is -0.341 e. The van der Waals surface area contributed by atoms with E-state index in [1.165, 1.54) is 12.8 Å². The molecule has 0 aromatic carbocycles. The van der Waals surface area contributed by atoms with Crippen LogP contribution in [0.15, 0.2) is 0 Å². The number of carbonyl (C=O) groups excluding carboxylic acids is 1. The van der Waals surface area contributed by atoms with E-state index in [0.29, 0.717) is 6.04 Å². The zero-order chi connectivity index (χ0) is 8.97. The predicted molar refractivity (Wildman–Crippen MR) is 48.1 cm³/mol. The molecule has 0 radical (unpaired) electrons. The van der Waals surface area contributed by atoms with Gasteiger partial charge < -0.3 is 15.5 Å². The molecule has 0 bridgehead atoms. The van der Waals surface area contributed by atoms with Crippen LogP contribution in [0.5, 0.6) is 0 Å². The molecule has 1 aliphatic heterocycles. The molecule has 1 saturated heterocycles. The Morgan fingerprint density at radius 1 is 1.75 bits per heavy atom. The van der Waals surface area contributed by atoms with Crippen LogP contribution in [-0.2, 0) is 0 Å². The highest BCUT2D eigenvalue weighted by Gasteiger charge is 2.17. The van der Waals surface area contributed by atoms with Gasteiger partial charge in [-0.05, 0) is 19.4 Å². The Kier molecular flexibility index (Phi) is 3.34. The van der Waals surface area contributed by atoms with Gasteiger partial charge in [0, 0.05) is 26.7 Å². The van der Waals surface area contributed by atoms with E-state index in [2.05, 4.69) is 10.6 Å². The molecule has 4 nitrogen and oxygen atoms in total. The lowest BCUT2D eigenvalue weighted by molar-refractivity contribution is 0.207. The number of hydrogen-bond acceptors (Lipinski definition) is 2. The van der Waals surface area contributed by atoms with Crippen LogP contribution in [0, 0.1) is 0 Å². The van der Waals surface area contributed by atoms with Gasteiger partial charge in [0.05, 0.1) is 0 Å². The molecule has 12 heavy (non-hydrogen) atoms. The highest BCUT2D eigenvalue weighted by molar-refractivity contribution is 5.73. The van der Waals surface area contributed by atoms with Gasteiger partial charge in [-0.25, -0.2) is 4.79 Å². The maximum Gasteiger partial charge on any atom is 0.316 e. The first-order valence-corrected chi connectivity index (χ1v) is 4.40. The average Bonchev–Trinajstić information content (AvgIpc) is 2.55. The third-order valence-electron chi connectivity index (χ3n) is 2.22. The minimum atomic E-state index is -0.0105. The summed E-state index contributed by atoms with van der Waals surface area (Å²) in [5, 5.41) is 5.94. The van der Waals surface area contributed by atoms with Gasteiger partial charge in [0.2, 0.25) is 0 Å². The first kappa shape index (κ1) is 9.32. The first-order chi connectivity index (χ1) is 5.74. The average molecular weight is 171 g/mol. The van der Waals surface area contributed by atoms with Gasteiger partial charge in [0.1, 0.15) is 0 Å². The molecule has 2 N–H and O–H groups in total. The fourth-order valence-electron chi connectivity index (χ4n) is 1.52. The fraction of sp³-hybridized carbons (Fsp3) is 0.875. The van der Waals surface area contributed by atoms with Gasteiger partial charge in [-0.2, -0.15) is 0 Å². The van der Waals surface area contributed by atoms with E-state index in [1.807, 2.05) is 7.05 Å². The zero-order valence-electron chi connectivity index (χ0n) is 7.76. The van der Waals surface area contributed by atoms with Crippen molar-refractivity contribution in [1.82, 2.24) is 15.5 Å². The number of carbonyl (C=O) groups is 1. The smallest absolute Gasteiger partial charge is 0.316 e. The molecule has 70 valence electrons. The Morgan fingerprint density at radius 2 is 2.50 bits per heavy atom. The molecule has 1 aliphatic rings. The van der Waals surface area contributed by atoms with Crippen molar-refractivity contribution in [3.63, 3.8) is 0 Å². The summed E-state index contributed by atoms with van der Waals surface area (Å²) >= 11 is 0. The zero-order valence-corrected chi connectivity index (χ0v) is 7.76. The number of hydrogen-bond donors (Lipinski definition) is 2. The lowest BCUT2D eigenvalue weighted by Gasteiger charge is -2.20. The summed E-state index contributed by atoms with van der Waals surface area (Å²) in [5.74, 6) is 0. The molecule has 1 atom stereocenters. The van der Waals surface area contributed by atoms with E-state index >= 15 is 0 Å². The van der Waals surface area contributed by atoms with Crippen LogP contribution < -0.4 is 10.6 Å². The second kappa shape index (κ2) is 4.30. The Morgan fingerprint density at radius 3 is 3.00 bits per heavy atom. The van der Waals surface area contributed by atoms with Crippen LogP contribution in [0.2, 0.25) is 0 Å². The number of urea groups is 1. The third kappa shape index (κ3) is 2.37. The number of amides is 2. The summed E-state index contributed by atoms with van der Waals surface area (Å²) in [4.78, 5) is 12.8. The maximum absolute atomic E-state index is 11.1. The Bertz CT molecular complexity index is 154. The van der Waals surface area contributed by atoms with Crippen LogP contribution >= 0.6 is 0 Å². The molecule has 1 rings (SSSR count). The molecule has 1 unspecified atom stereocenters. The molecule has 1 fully saturated rings. The molecule has 1 heterocycles. The summed E-state index contributed by atoms with van der Waals surface area (Å²) < 4.78 is 0. The number of nitrogens with one attached hydrogen (secondary N) is 2. The summed E-state index contributed by atoms with van der Waals surface area (Å²) in [5.41, 5.74) is 0. The van der Waals surface area contributed by atoms with Crippen LogP contribution in [-0.4, -0.2) is 44.2 Å². The normalized spacial score (nSPS) is 22.3. The monoisotopic (exact) mass is 171 g/mol. The predicted octanol–water partition coefficient (Wildman–Crippen LogP) is 0.00960. The Hall–Kier alpha value is -0.770. The third-order valence-corrected chi connectivity index (χ3v) is 2.22. The molecule has 0 aromatic rings. The van der Waals surface area contributed by atoms with E-state index in [-0.39, 0.29) is 6.03 Å². The lowest BCUT2D eigenvalue weighted by atomic mass is 10.2. The Balaban J connectivity index is 2.24. The molecule has 4 heteroatoms. The number of likely N-dealkylation sites (N-methyl/N-ethyl adjacent to an activating group) is 1. The Labute approximate surface area is 73.3 Å². The van der Waals surface area contributed by atoms with Crippen molar-refractivity contribution in [3.8, 4) is 0 Å². The van der Waals surface area contributed by atoms with Gasteiger partial charge in [0.25, 0.3) is 0 Å². The van der Waals surface area contributed by atoms with E-state index < -0.39 is 0 Å². The molecule has 2 amide bonds. The number of rotatable bonds is 2. The molecular formula is C8H17N3O. The molecule has 0 saturated carbocycles. The molecule has 0 spiro atoms. The van der Waals surface area contributed by atoms with Crippen molar-refractivity contribution in [2.75, 3.05) is 27.2 Å². The van der Waals surface area contributed by atoms with Crippen molar-refractivity contribution in [2.24, 2.45) is 0 Å². The second-order valence-corrected chi connectivity index (χ2v) is 3.23. The SMILES string of the molecule is CNC(=O)N(C)CC1CCCN1. The van der Waals surface area contributed by atoms with Gasteiger partial charge in [-0.15, -0.1) is 0 Å². The lowest BCUT2D eigenvalue weighted by Crippen LogP contribution is -2.42. The van der Waals surface area contributed by atoms with Gasteiger partial charge in [0.15, 0.2) is 0 Å². The van der Waals surface area contributed by atoms with E-state index in [9.17, 15) is 4.79 Å². The van der Waals surface area contributed by atoms with Crippen LogP contribution in [0.25, 0.3) is 0 Å². The summed E-state index contributed by atoms with van der Waals surface area (Å²) in [6, 6.07) is 0.482. The van der Waals surface area contributed by atoms with E-state index in [4.69, 9.17) is 0 Å². The summed E-state index contributed by atoms with van der Waals surface area (Å²) in [6.45, 7) is 1.89. The van der Waals surface area contributed by atoms with Crippen LogP contribution in [0.1, 0.15) is 12.8 Å². The highest BCUT2D eigenvalue weighted by atomic mass is 16.2. The quantitative estimate of drug-likeness (QED) is 0.614. The topological polar surface area (TPSA) is 44.4 Å². The van der Waals surface area contributed by atoms with Gasteiger partial charge in [-0.1, -0.05) is 0 Å². The van der Waals surface area contributed by atoms with Crippen molar-refractivity contribution in [2.45, 2.75) is 18.9 Å². The highest BCUT2D eigenvalue weighted by Crippen LogP contribution is 2.05. The standard InChI is InChI=1S/C8H17N3O/c1-9-8(12)11(2)6-7-4-3-5-10-7/h7,10H,3-6H2,1-2H3,(H,9,12). The van der Waals surface area contributed by atoms with E-state index in [1.54, 1.807) is 11.9 Å². The molecular weight excluding hydrogens is 154 g/mol. The van der Waals surface area contributed by atoms with Gasteiger partial charge in [-0.3, -0.25) is 0 Å². The molecule has 0 aliphatic carbocycles. The fourth-order valence-corrected chi connectivity index (χ4v) is 1.52. The first-order valence-electron chi connectivity index (χ1n) is 4.40. The van der Waals surface area contributed by atoms with Crippen LogP contribution in [0.3, 0.4) is 0 Å². The van der Waals surface area contributed by atoms with Crippen molar-refractivity contribution >= 4 is 6.03 Å². The maximum atomic E-state index is 11.1. The van der Waals surface area contributed by atoms with Crippen molar-refractivity contribution in [3.05, 3.63) is 0 Å². The van der Waals surface area contributed by atoms with Crippen molar-refractivity contribution < 1.29 is 4.79 Å². The second-order valence-electron chi connectivity index (χ2n) is 3.23. The summed E-state index contributed by atoms with van der Waals surface area (Å²) in [7, 11) is 3.47.